The van der Waals surface area contributed by atoms with E-state index < -0.39 is 18.4 Å². The van der Waals surface area contributed by atoms with Crippen molar-refractivity contribution in [1.82, 2.24) is 0 Å². The summed E-state index contributed by atoms with van der Waals surface area (Å²) in [6.45, 7) is 0. The van der Waals surface area contributed by atoms with E-state index in [0.717, 1.165) is 0 Å². The summed E-state index contributed by atoms with van der Waals surface area (Å²) in [4.78, 5) is 0. The summed E-state index contributed by atoms with van der Waals surface area (Å²) in [5.41, 5.74) is 0. The maximum absolute atomic E-state index is 5.63. The van der Waals surface area contributed by atoms with Crippen molar-refractivity contribution in [3.63, 3.8) is 0 Å². The van der Waals surface area contributed by atoms with Gasteiger partial charge >= 0.3 is 0 Å². The summed E-state index contributed by atoms with van der Waals surface area (Å²) in [6, 6.07) is 0. The molecule has 0 saturated heterocycles. The first-order chi connectivity index (χ1) is 4.62. The van der Waals surface area contributed by atoms with Crippen LogP contribution in [0.15, 0.2) is 0 Å². The second-order valence-corrected chi connectivity index (χ2v) is 7.36. The average molecular weight is 297 g/mol. The highest BCUT2D eigenvalue weighted by atomic mass is 35.6. The Balaban J connectivity index is 2.84. The van der Waals surface area contributed by atoms with E-state index in [-0.39, 0.29) is 0 Å². The fourth-order valence-corrected chi connectivity index (χ4v) is 4.16. The quantitative estimate of drug-likeness (QED) is 0.584. The first-order valence-electron chi connectivity index (χ1n) is 2.44. The standard InChI is InChI=1S/C4HCl7/c5-2(6)1(3(2,7)8)4(9,10)11/h1H. The minimum Gasteiger partial charge on any atom is -0.0977 e. The van der Waals surface area contributed by atoms with Crippen LogP contribution in [0.5, 0.6) is 0 Å². The highest BCUT2D eigenvalue weighted by molar-refractivity contribution is 6.75. The molecular weight excluding hydrogens is 296 g/mol. The largest absolute Gasteiger partial charge is 0.199 e. The van der Waals surface area contributed by atoms with Crippen LogP contribution in [0.25, 0.3) is 0 Å². The van der Waals surface area contributed by atoms with Gasteiger partial charge in [-0.1, -0.05) is 81.2 Å². The lowest BCUT2D eigenvalue weighted by molar-refractivity contribution is 0.849. The molecule has 0 spiro atoms. The summed E-state index contributed by atoms with van der Waals surface area (Å²) in [5.74, 6) is -0.765. The van der Waals surface area contributed by atoms with Crippen molar-refractivity contribution in [3.05, 3.63) is 0 Å². The summed E-state index contributed by atoms with van der Waals surface area (Å²) in [7, 11) is 0. The number of hydrogen-bond donors (Lipinski definition) is 0. The molecule has 0 aromatic rings. The minimum atomic E-state index is -1.63. The molecule has 11 heavy (non-hydrogen) atoms. The maximum Gasteiger partial charge on any atom is 0.199 e. The van der Waals surface area contributed by atoms with E-state index in [1.54, 1.807) is 0 Å². The summed E-state index contributed by atoms with van der Waals surface area (Å²) in [6.07, 6.45) is 0. The summed E-state index contributed by atoms with van der Waals surface area (Å²) < 4.78 is -4.38. The van der Waals surface area contributed by atoms with Gasteiger partial charge in [0.25, 0.3) is 0 Å². The summed E-state index contributed by atoms with van der Waals surface area (Å²) >= 11 is 39.0. The highest BCUT2D eigenvalue weighted by Gasteiger charge is 2.81. The Labute approximate surface area is 99.0 Å². The van der Waals surface area contributed by atoms with Crippen molar-refractivity contribution in [2.45, 2.75) is 12.5 Å². The smallest absolute Gasteiger partial charge is 0.0977 e. The minimum absolute atomic E-state index is 0.765. The predicted molar refractivity (Wildman–Crippen MR) is 52.7 cm³/mol. The van der Waals surface area contributed by atoms with Crippen LogP contribution in [-0.4, -0.2) is 12.5 Å². The Hall–Kier alpha value is 2.03. The molecule has 0 aliphatic heterocycles. The average Bonchev–Trinajstić information content (AvgIpc) is 1.93. The van der Waals surface area contributed by atoms with E-state index in [9.17, 15) is 0 Å². The fraction of sp³-hybridized carbons (Fsp3) is 1.00. The molecule has 0 N–H and O–H groups in total. The Morgan fingerprint density at radius 3 is 1.09 bits per heavy atom. The monoisotopic (exact) mass is 294 g/mol. The van der Waals surface area contributed by atoms with Crippen molar-refractivity contribution >= 4 is 81.2 Å². The van der Waals surface area contributed by atoms with Crippen LogP contribution < -0.4 is 0 Å². The van der Waals surface area contributed by atoms with E-state index in [1.807, 2.05) is 0 Å². The molecule has 0 bridgehead atoms. The van der Waals surface area contributed by atoms with Crippen molar-refractivity contribution in [2.24, 2.45) is 5.92 Å². The first-order valence-corrected chi connectivity index (χ1v) is 5.08. The van der Waals surface area contributed by atoms with Gasteiger partial charge in [0.15, 0.2) is 12.5 Å². The number of hydrogen-bond acceptors (Lipinski definition) is 0. The van der Waals surface area contributed by atoms with Crippen molar-refractivity contribution in [2.75, 3.05) is 0 Å². The van der Waals surface area contributed by atoms with Gasteiger partial charge in [0.1, 0.15) is 0 Å². The van der Waals surface area contributed by atoms with Gasteiger partial charge in [0, 0.05) is 0 Å². The third-order valence-electron chi connectivity index (χ3n) is 1.41. The number of alkyl halides is 7. The first kappa shape index (κ1) is 11.1. The van der Waals surface area contributed by atoms with Gasteiger partial charge in [-0.3, -0.25) is 0 Å². The Morgan fingerprint density at radius 2 is 1.09 bits per heavy atom. The van der Waals surface area contributed by atoms with E-state index in [2.05, 4.69) is 0 Å². The van der Waals surface area contributed by atoms with Crippen molar-refractivity contribution < 1.29 is 0 Å². The number of rotatable bonds is 0. The lowest BCUT2D eigenvalue weighted by Crippen LogP contribution is -2.11. The van der Waals surface area contributed by atoms with Gasteiger partial charge in [0.2, 0.25) is 0 Å². The third kappa shape index (κ3) is 1.66. The van der Waals surface area contributed by atoms with Crippen LogP contribution in [0.1, 0.15) is 0 Å². The molecule has 1 aliphatic rings. The lowest BCUT2D eigenvalue weighted by atomic mass is 10.5. The van der Waals surface area contributed by atoms with Crippen molar-refractivity contribution in [1.29, 1.82) is 0 Å². The molecule has 1 aliphatic carbocycles. The van der Waals surface area contributed by atoms with Gasteiger partial charge in [0.05, 0.1) is 5.92 Å². The zero-order chi connectivity index (χ0) is 9.08. The van der Waals surface area contributed by atoms with Crippen LogP contribution in [0.2, 0.25) is 0 Å². The van der Waals surface area contributed by atoms with Crippen LogP contribution in [0, 0.1) is 5.92 Å². The lowest BCUT2D eigenvalue weighted by Gasteiger charge is -2.08. The molecule has 1 fully saturated rings. The molecule has 0 aromatic carbocycles. The normalized spacial score (nSPS) is 28.6. The molecule has 0 nitrogen and oxygen atoms in total. The molecule has 0 radical (unpaired) electrons. The molecule has 0 heterocycles. The maximum atomic E-state index is 5.63. The molecule has 1 saturated carbocycles. The van der Waals surface area contributed by atoms with Crippen LogP contribution in [0.3, 0.4) is 0 Å². The highest BCUT2D eigenvalue weighted by Crippen LogP contribution is 2.75. The zero-order valence-corrected chi connectivity index (χ0v) is 10.0. The zero-order valence-electron chi connectivity index (χ0n) is 4.72. The molecular formula is C4HCl7. The van der Waals surface area contributed by atoms with E-state index >= 15 is 0 Å². The van der Waals surface area contributed by atoms with E-state index in [1.165, 1.54) is 0 Å². The molecule has 0 aromatic heterocycles. The van der Waals surface area contributed by atoms with Crippen LogP contribution in [0.4, 0.5) is 0 Å². The van der Waals surface area contributed by atoms with Crippen LogP contribution >= 0.6 is 81.2 Å². The fourth-order valence-electron chi connectivity index (χ4n) is 0.753. The Morgan fingerprint density at radius 1 is 0.818 bits per heavy atom. The van der Waals surface area contributed by atoms with Gasteiger partial charge in [-0.05, 0) is 0 Å². The molecule has 1 rings (SSSR count). The van der Waals surface area contributed by atoms with Gasteiger partial charge in [-0.15, -0.1) is 0 Å². The van der Waals surface area contributed by atoms with E-state index in [4.69, 9.17) is 81.2 Å². The second-order valence-electron chi connectivity index (χ2n) is 2.22. The van der Waals surface area contributed by atoms with Crippen LogP contribution in [-0.2, 0) is 0 Å². The molecule has 0 unspecified atom stereocenters. The molecule has 66 valence electrons. The summed E-state index contributed by atoms with van der Waals surface area (Å²) in [5, 5.41) is 0. The Kier molecular flexibility index (Phi) is 2.79. The second kappa shape index (κ2) is 2.76. The van der Waals surface area contributed by atoms with Crippen molar-refractivity contribution in [3.8, 4) is 0 Å². The van der Waals surface area contributed by atoms with Gasteiger partial charge in [-0.25, -0.2) is 0 Å². The molecule has 7 heteroatoms. The third-order valence-corrected chi connectivity index (χ3v) is 4.52. The predicted octanol–water partition coefficient (Wildman–Crippen LogP) is 4.33. The SMILES string of the molecule is ClC(Cl)(Cl)C1C(Cl)(Cl)C1(Cl)Cl. The molecule has 0 atom stereocenters. The van der Waals surface area contributed by atoms with Gasteiger partial charge < -0.3 is 0 Å². The van der Waals surface area contributed by atoms with E-state index in [0.29, 0.717) is 0 Å². The van der Waals surface area contributed by atoms with Gasteiger partial charge in [-0.2, -0.15) is 0 Å². The topological polar surface area (TPSA) is 0 Å². The molecule has 0 amide bonds. The number of halogens is 7. The Bertz CT molecular complexity index is 163.